The highest BCUT2D eigenvalue weighted by molar-refractivity contribution is 5.97. The average Bonchev–Trinajstić information content (AvgIpc) is 2.76. The predicted molar refractivity (Wildman–Crippen MR) is 120 cm³/mol. The minimum Gasteiger partial charge on any atom is -0.493 e. The molecule has 0 radical (unpaired) electrons. The van der Waals surface area contributed by atoms with Crippen molar-refractivity contribution in [2.45, 2.75) is 26.8 Å². The largest absolute Gasteiger partial charge is 0.493 e. The SMILES string of the molecule is C#CCOc1c(C=NNC(=O)C(NC(=O)c2ccc(C)cc2)C(C)C)cccc1OC. The van der Waals surface area contributed by atoms with Crippen molar-refractivity contribution in [3.63, 3.8) is 0 Å². The van der Waals surface area contributed by atoms with Crippen molar-refractivity contribution < 1.29 is 19.1 Å². The first-order chi connectivity index (χ1) is 14.9. The first kappa shape index (κ1) is 23.5. The molecule has 2 aromatic carbocycles. The number of carbonyl (C=O) groups is 2. The van der Waals surface area contributed by atoms with E-state index in [0.717, 1.165) is 5.56 Å². The Balaban J connectivity index is 2.10. The number of terminal acetylenes is 1. The molecule has 0 aliphatic carbocycles. The normalized spacial score (nSPS) is 11.6. The van der Waals surface area contributed by atoms with E-state index in [9.17, 15) is 9.59 Å². The van der Waals surface area contributed by atoms with Crippen LogP contribution in [0.3, 0.4) is 0 Å². The molecule has 0 bridgehead atoms. The minimum atomic E-state index is -0.756. The van der Waals surface area contributed by atoms with Crippen LogP contribution in [0.2, 0.25) is 0 Å². The van der Waals surface area contributed by atoms with E-state index in [1.165, 1.54) is 13.3 Å². The van der Waals surface area contributed by atoms with Crippen LogP contribution >= 0.6 is 0 Å². The van der Waals surface area contributed by atoms with E-state index in [4.69, 9.17) is 15.9 Å². The van der Waals surface area contributed by atoms with Crippen molar-refractivity contribution in [1.29, 1.82) is 0 Å². The number of aryl methyl sites for hydroxylation is 1. The zero-order chi connectivity index (χ0) is 22.8. The Labute approximate surface area is 182 Å². The molecule has 2 rings (SSSR count). The molecule has 0 saturated heterocycles. The van der Waals surface area contributed by atoms with Crippen molar-refractivity contribution in [2.24, 2.45) is 11.0 Å². The van der Waals surface area contributed by atoms with Gasteiger partial charge < -0.3 is 14.8 Å². The summed E-state index contributed by atoms with van der Waals surface area (Å²) >= 11 is 0. The molecule has 1 unspecified atom stereocenters. The second-order valence-corrected chi connectivity index (χ2v) is 7.17. The Morgan fingerprint density at radius 3 is 2.52 bits per heavy atom. The molecule has 0 saturated carbocycles. The average molecular weight is 421 g/mol. The lowest BCUT2D eigenvalue weighted by molar-refractivity contribution is -0.123. The molecule has 0 spiro atoms. The summed E-state index contributed by atoms with van der Waals surface area (Å²) in [6.45, 7) is 5.69. The lowest BCUT2D eigenvalue weighted by atomic mass is 10.0. The van der Waals surface area contributed by atoms with Crippen molar-refractivity contribution in [3.8, 4) is 23.8 Å². The van der Waals surface area contributed by atoms with Gasteiger partial charge in [0, 0.05) is 11.1 Å². The molecule has 7 nitrogen and oxygen atoms in total. The number of rotatable bonds is 9. The molecule has 0 aromatic heterocycles. The van der Waals surface area contributed by atoms with Gasteiger partial charge in [-0.15, -0.1) is 6.42 Å². The fourth-order valence-corrected chi connectivity index (χ4v) is 2.76. The number of carbonyl (C=O) groups excluding carboxylic acids is 2. The van der Waals surface area contributed by atoms with Crippen LogP contribution in [0.1, 0.15) is 35.3 Å². The van der Waals surface area contributed by atoms with Gasteiger partial charge in [0.25, 0.3) is 11.8 Å². The summed E-state index contributed by atoms with van der Waals surface area (Å²) in [5.41, 5.74) is 4.60. The van der Waals surface area contributed by atoms with Gasteiger partial charge in [0.15, 0.2) is 11.5 Å². The summed E-state index contributed by atoms with van der Waals surface area (Å²) in [6, 6.07) is 11.6. The number of hydrogen-bond acceptors (Lipinski definition) is 5. The lowest BCUT2D eigenvalue weighted by Gasteiger charge is -2.20. The molecular formula is C24H27N3O4. The molecule has 162 valence electrons. The van der Waals surface area contributed by atoms with Crippen molar-refractivity contribution in [2.75, 3.05) is 13.7 Å². The number of hydrazone groups is 1. The van der Waals surface area contributed by atoms with Gasteiger partial charge in [-0.25, -0.2) is 5.43 Å². The van der Waals surface area contributed by atoms with Crippen LogP contribution in [-0.4, -0.2) is 37.8 Å². The maximum atomic E-state index is 12.7. The fraction of sp³-hybridized carbons (Fsp3) is 0.292. The number of hydrogen-bond donors (Lipinski definition) is 2. The maximum Gasteiger partial charge on any atom is 0.262 e. The third-order valence-electron chi connectivity index (χ3n) is 4.46. The first-order valence-corrected chi connectivity index (χ1v) is 9.81. The molecule has 7 heteroatoms. The quantitative estimate of drug-likeness (QED) is 0.370. The summed E-state index contributed by atoms with van der Waals surface area (Å²) < 4.78 is 10.8. The van der Waals surface area contributed by atoms with Gasteiger partial charge in [-0.05, 0) is 37.1 Å². The van der Waals surface area contributed by atoms with Crippen LogP contribution in [0.4, 0.5) is 0 Å². The summed E-state index contributed by atoms with van der Waals surface area (Å²) in [5.74, 6) is 2.42. The van der Waals surface area contributed by atoms with Gasteiger partial charge >= 0.3 is 0 Å². The second kappa shape index (κ2) is 11.4. The predicted octanol–water partition coefficient (Wildman–Crippen LogP) is 2.92. The Morgan fingerprint density at radius 2 is 1.90 bits per heavy atom. The topological polar surface area (TPSA) is 89.0 Å². The summed E-state index contributed by atoms with van der Waals surface area (Å²) in [5, 5.41) is 6.78. The number of amides is 2. The monoisotopic (exact) mass is 421 g/mol. The van der Waals surface area contributed by atoms with E-state index in [1.54, 1.807) is 30.3 Å². The molecule has 31 heavy (non-hydrogen) atoms. The van der Waals surface area contributed by atoms with Crippen LogP contribution in [0.25, 0.3) is 0 Å². The number of benzene rings is 2. The highest BCUT2D eigenvalue weighted by atomic mass is 16.5. The number of nitrogens with one attached hydrogen (secondary N) is 2. The minimum absolute atomic E-state index is 0.0635. The molecule has 0 fully saturated rings. The Hall–Kier alpha value is -3.79. The Morgan fingerprint density at radius 1 is 1.19 bits per heavy atom. The van der Waals surface area contributed by atoms with Gasteiger partial charge in [-0.3, -0.25) is 9.59 Å². The molecule has 0 aliphatic rings. The zero-order valence-electron chi connectivity index (χ0n) is 18.1. The van der Waals surface area contributed by atoms with E-state index in [0.29, 0.717) is 22.6 Å². The van der Waals surface area contributed by atoms with E-state index in [1.807, 2.05) is 32.9 Å². The van der Waals surface area contributed by atoms with Gasteiger partial charge in [-0.1, -0.05) is 43.5 Å². The van der Waals surface area contributed by atoms with Crippen LogP contribution in [0.5, 0.6) is 11.5 Å². The van der Waals surface area contributed by atoms with Crippen LogP contribution in [0, 0.1) is 25.2 Å². The number of ether oxygens (including phenoxy) is 2. The lowest BCUT2D eigenvalue weighted by Crippen LogP contribution is -2.48. The maximum absolute atomic E-state index is 12.7. The standard InChI is InChI=1S/C24H27N3O4/c1-6-14-31-22-19(8-7-9-20(22)30-5)15-25-27-24(29)21(16(2)3)26-23(28)18-12-10-17(4)11-13-18/h1,7-13,15-16,21H,14H2,2-5H3,(H,26,28)(H,27,29). The van der Waals surface area contributed by atoms with Crippen molar-refractivity contribution in [1.82, 2.24) is 10.7 Å². The van der Waals surface area contributed by atoms with Crippen molar-refractivity contribution in [3.05, 3.63) is 59.2 Å². The van der Waals surface area contributed by atoms with Gasteiger partial charge in [-0.2, -0.15) is 5.10 Å². The summed E-state index contributed by atoms with van der Waals surface area (Å²) in [7, 11) is 1.52. The summed E-state index contributed by atoms with van der Waals surface area (Å²) in [6.07, 6.45) is 6.70. The van der Waals surface area contributed by atoms with Gasteiger partial charge in [0.05, 0.1) is 13.3 Å². The van der Waals surface area contributed by atoms with Crippen LogP contribution in [-0.2, 0) is 4.79 Å². The molecule has 2 amide bonds. The molecule has 0 aliphatic heterocycles. The van der Waals surface area contributed by atoms with Gasteiger partial charge in [0.1, 0.15) is 12.6 Å². The molecule has 2 aromatic rings. The molecule has 1 atom stereocenters. The Kier molecular flexibility index (Phi) is 8.64. The van der Waals surface area contributed by atoms with Crippen molar-refractivity contribution >= 4 is 18.0 Å². The Bertz CT molecular complexity index is 975. The highest BCUT2D eigenvalue weighted by Crippen LogP contribution is 2.29. The zero-order valence-corrected chi connectivity index (χ0v) is 18.1. The second-order valence-electron chi connectivity index (χ2n) is 7.17. The third-order valence-corrected chi connectivity index (χ3v) is 4.46. The van der Waals surface area contributed by atoms with E-state index in [-0.39, 0.29) is 18.4 Å². The van der Waals surface area contributed by atoms with Crippen LogP contribution in [0.15, 0.2) is 47.6 Å². The van der Waals surface area contributed by atoms with E-state index < -0.39 is 11.9 Å². The smallest absolute Gasteiger partial charge is 0.262 e. The van der Waals surface area contributed by atoms with Crippen LogP contribution < -0.4 is 20.2 Å². The molecule has 2 N–H and O–H groups in total. The van der Waals surface area contributed by atoms with Gasteiger partial charge in [0.2, 0.25) is 0 Å². The first-order valence-electron chi connectivity index (χ1n) is 9.81. The fourth-order valence-electron chi connectivity index (χ4n) is 2.76. The highest BCUT2D eigenvalue weighted by Gasteiger charge is 2.24. The van der Waals surface area contributed by atoms with E-state index >= 15 is 0 Å². The number of para-hydroxylation sites is 1. The number of nitrogens with zero attached hydrogens (tertiary/aromatic N) is 1. The molecule has 0 heterocycles. The number of methoxy groups -OCH3 is 1. The summed E-state index contributed by atoms with van der Waals surface area (Å²) in [4.78, 5) is 25.2. The van der Waals surface area contributed by atoms with E-state index in [2.05, 4.69) is 21.8 Å². The third kappa shape index (κ3) is 6.61. The molecular weight excluding hydrogens is 394 g/mol.